The number of hydrogen-bond acceptors (Lipinski definition) is 5. The fourth-order valence-corrected chi connectivity index (χ4v) is 3.79. The molecule has 1 aliphatic carbocycles. The molecule has 0 unspecified atom stereocenters. The number of fused-ring (bicyclic) bond motifs is 1. The first-order chi connectivity index (χ1) is 13.5. The van der Waals surface area contributed by atoms with E-state index in [1.807, 2.05) is 0 Å². The molecule has 0 saturated heterocycles. The minimum Gasteiger partial charge on any atom is -0.454 e. The van der Waals surface area contributed by atoms with Gasteiger partial charge in [-0.25, -0.2) is 4.79 Å². The zero-order valence-corrected chi connectivity index (χ0v) is 16.1. The third-order valence-corrected chi connectivity index (χ3v) is 5.37. The van der Waals surface area contributed by atoms with Crippen LogP contribution in [0, 0.1) is 0 Å². The van der Waals surface area contributed by atoms with Crippen molar-refractivity contribution in [2.75, 3.05) is 6.61 Å². The Kier molecular flexibility index (Phi) is 6.44. The summed E-state index contributed by atoms with van der Waals surface area (Å²) in [5.74, 6) is -2.18. The van der Waals surface area contributed by atoms with Gasteiger partial charge in [0.25, 0.3) is 17.7 Å². The van der Waals surface area contributed by atoms with Crippen molar-refractivity contribution in [2.24, 2.45) is 0 Å². The highest BCUT2D eigenvalue weighted by Gasteiger charge is 2.41. The van der Waals surface area contributed by atoms with E-state index in [2.05, 4.69) is 5.32 Å². The third-order valence-electron chi connectivity index (χ3n) is 5.37. The van der Waals surface area contributed by atoms with E-state index in [1.165, 1.54) is 26.2 Å². The highest BCUT2D eigenvalue weighted by molar-refractivity contribution is 6.22. The molecule has 0 aromatic heterocycles. The summed E-state index contributed by atoms with van der Waals surface area (Å²) in [6.07, 6.45) is 7.64. The van der Waals surface area contributed by atoms with Gasteiger partial charge in [-0.1, -0.05) is 44.2 Å². The molecule has 0 spiro atoms. The minimum atomic E-state index is -1.10. The van der Waals surface area contributed by atoms with E-state index in [9.17, 15) is 19.2 Å². The van der Waals surface area contributed by atoms with Crippen molar-refractivity contribution in [3.63, 3.8) is 0 Å². The number of carbonyl (C=O) groups is 4. The van der Waals surface area contributed by atoms with Crippen molar-refractivity contribution < 1.29 is 23.9 Å². The predicted molar refractivity (Wildman–Crippen MR) is 102 cm³/mol. The van der Waals surface area contributed by atoms with Crippen LogP contribution in [0.3, 0.4) is 0 Å². The van der Waals surface area contributed by atoms with Gasteiger partial charge in [-0.15, -0.1) is 0 Å². The summed E-state index contributed by atoms with van der Waals surface area (Å²) in [6.45, 7) is 1.01. The summed E-state index contributed by atoms with van der Waals surface area (Å²) in [7, 11) is 0. The van der Waals surface area contributed by atoms with E-state index in [4.69, 9.17) is 4.74 Å². The van der Waals surface area contributed by atoms with Crippen molar-refractivity contribution in [3.05, 3.63) is 35.4 Å². The fraction of sp³-hybridized carbons (Fsp3) is 0.524. The van der Waals surface area contributed by atoms with Gasteiger partial charge in [-0.3, -0.25) is 19.3 Å². The monoisotopic (exact) mass is 386 g/mol. The third kappa shape index (κ3) is 4.40. The van der Waals surface area contributed by atoms with Crippen molar-refractivity contribution >= 4 is 23.7 Å². The molecule has 7 nitrogen and oxygen atoms in total. The summed E-state index contributed by atoms with van der Waals surface area (Å²) in [6, 6.07) is 5.44. The molecule has 1 atom stereocenters. The molecule has 1 heterocycles. The molecular weight excluding hydrogens is 360 g/mol. The number of nitrogens with zero attached hydrogens (tertiary/aromatic N) is 1. The molecule has 1 aromatic carbocycles. The molecule has 1 fully saturated rings. The number of ether oxygens (including phenoxy) is 1. The van der Waals surface area contributed by atoms with Crippen LogP contribution in [0.4, 0.5) is 0 Å². The van der Waals surface area contributed by atoms with Crippen molar-refractivity contribution in [1.82, 2.24) is 10.2 Å². The molecule has 1 aromatic rings. The Hall–Kier alpha value is -2.70. The van der Waals surface area contributed by atoms with Gasteiger partial charge in [-0.05, 0) is 31.9 Å². The molecule has 3 rings (SSSR count). The number of hydrogen-bond donors (Lipinski definition) is 1. The van der Waals surface area contributed by atoms with Crippen LogP contribution in [0.2, 0.25) is 0 Å². The zero-order valence-electron chi connectivity index (χ0n) is 16.1. The SMILES string of the molecule is C[C@@H](C(=O)OCC(=O)NC1CCCCCCC1)N1C(=O)c2ccccc2C1=O. The van der Waals surface area contributed by atoms with E-state index in [-0.39, 0.29) is 23.1 Å². The van der Waals surface area contributed by atoms with Crippen LogP contribution >= 0.6 is 0 Å². The topological polar surface area (TPSA) is 92.8 Å². The molecular formula is C21H26N2O5. The average molecular weight is 386 g/mol. The van der Waals surface area contributed by atoms with Crippen LogP contribution in [-0.4, -0.2) is 47.3 Å². The molecule has 1 N–H and O–H groups in total. The van der Waals surface area contributed by atoms with Crippen LogP contribution in [0.15, 0.2) is 24.3 Å². The van der Waals surface area contributed by atoms with Gasteiger partial charge in [0.05, 0.1) is 11.1 Å². The first kappa shape index (κ1) is 20.0. The Labute approximate surface area is 164 Å². The Morgan fingerprint density at radius 2 is 1.57 bits per heavy atom. The fourth-order valence-electron chi connectivity index (χ4n) is 3.79. The quantitative estimate of drug-likeness (QED) is 0.620. The number of imide groups is 1. The Bertz CT molecular complexity index is 733. The number of carbonyl (C=O) groups excluding carboxylic acids is 4. The smallest absolute Gasteiger partial charge is 0.329 e. The molecule has 1 aliphatic heterocycles. The van der Waals surface area contributed by atoms with Crippen molar-refractivity contribution in [2.45, 2.75) is 64.0 Å². The first-order valence-corrected chi connectivity index (χ1v) is 9.92. The summed E-state index contributed by atoms with van der Waals surface area (Å²) >= 11 is 0. The van der Waals surface area contributed by atoms with Gasteiger partial charge in [0.2, 0.25) is 0 Å². The van der Waals surface area contributed by atoms with Gasteiger partial charge in [-0.2, -0.15) is 0 Å². The van der Waals surface area contributed by atoms with Crippen LogP contribution < -0.4 is 5.32 Å². The predicted octanol–water partition coefficient (Wildman–Crippen LogP) is 2.44. The highest BCUT2D eigenvalue weighted by Crippen LogP contribution is 2.24. The molecule has 0 bridgehead atoms. The van der Waals surface area contributed by atoms with Gasteiger partial charge in [0.1, 0.15) is 6.04 Å². The Morgan fingerprint density at radius 3 is 2.14 bits per heavy atom. The number of esters is 1. The minimum absolute atomic E-state index is 0.111. The average Bonchev–Trinajstić information content (AvgIpc) is 2.92. The standard InChI is InChI=1S/C21H26N2O5/c1-14(23-19(25)16-11-7-8-12-17(16)20(23)26)21(27)28-13-18(24)22-15-9-5-3-2-4-6-10-15/h7-8,11-12,14-15H,2-6,9-10,13H2,1H3,(H,22,24)/t14-/m0/s1. The van der Waals surface area contributed by atoms with E-state index in [0.717, 1.165) is 30.6 Å². The van der Waals surface area contributed by atoms with Gasteiger partial charge < -0.3 is 10.1 Å². The second-order valence-electron chi connectivity index (χ2n) is 7.42. The maximum absolute atomic E-state index is 12.4. The van der Waals surface area contributed by atoms with E-state index in [1.54, 1.807) is 24.3 Å². The molecule has 7 heteroatoms. The van der Waals surface area contributed by atoms with Crippen molar-refractivity contribution in [3.8, 4) is 0 Å². The second kappa shape index (κ2) is 8.99. The van der Waals surface area contributed by atoms with Crippen LogP contribution in [0.1, 0.15) is 72.6 Å². The summed E-state index contributed by atoms with van der Waals surface area (Å²) in [5.41, 5.74) is 0.545. The van der Waals surface area contributed by atoms with Crippen molar-refractivity contribution in [1.29, 1.82) is 0 Å². The largest absolute Gasteiger partial charge is 0.454 e. The summed E-state index contributed by atoms with van der Waals surface area (Å²) in [5, 5.41) is 2.92. The van der Waals surface area contributed by atoms with Gasteiger partial charge >= 0.3 is 5.97 Å². The maximum Gasteiger partial charge on any atom is 0.329 e. The van der Waals surface area contributed by atoms with Gasteiger partial charge in [0, 0.05) is 6.04 Å². The number of benzene rings is 1. The number of rotatable bonds is 5. The highest BCUT2D eigenvalue weighted by atomic mass is 16.5. The summed E-state index contributed by atoms with van der Waals surface area (Å²) in [4.78, 5) is 50.2. The summed E-state index contributed by atoms with van der Waals surface area (Å²) < 4.78 is 5.07. The molecule has 1 saturated carbocycles. The maximum atomic E-state index is 12.4. The molecule has 2 aliphatic rings. The molecule has 150 valence electrons. The normalized spacial score (nSPS) is 18.8. The second-order valence-corrected chi connectivity index (χ2v) is 7.42. The molecule has 28 heavy (non-hydrogen) atoms. The molecule has 3 amide bonds. The Morgan fingerprint density at radius 1 is 1.04 bits per heavy atom. The lowest BCUT2D eigenvalue weighted by Crippen LogP contribution is -2.45. The number of amides is 3. The molecule has 0 radical (unpaired) electrons. The van der Waals surface area contributed by atoms with Gasteiger partial charge in [0.15, 0.2) is 6.61 Å². The lowest BCUT2D eigenvalue weighted by Gasteiger charge is -2.22. The first-order valence-electron chi connectivity index (χ1n) is 9.92. The van der Waals surface area contributed by atoms with Crippen LogP contribution in [0.25, 0.3) is 0 Å². The Balaban J connectivity index is 1.51. The van der Waals surface area contributed by atoms with E-state index < -0.39 is 30.4 Å². The van der Waals surface area contributed by atoms with Crippen LogP contribution in [0.5, 0.6) is 0 Å². The van der Waals surface area contributed by atoms with Crippen LogP contribution in [-0.2, 0) is 14.3 Å². The lowest BCUT2D eigenvalue weighted by atomic mass is 9.97. The van der Waals surface area contributed by atoms with E-state index in [0.29, 0.717) is 0 Å². The lowest BCUT2D eigenvalue weighted by molar-refractivity contribution is -0.152. The number of nitrogens with one attached hydrogen (secondary N) is 1. The zero-order chi connectivity index (χ0) is 20.1. The van der Waals surface area contributed by atoms with E-state index >= 15 is 0 Å².